The Kier molecular flexibility index (Phi) is 5.89. The molecule has 8 heteroatoms. The van der Waals surface area contributed by atoms with Gasteiger partial charge in [0.2, 0.25) is 5.89 Å². The third-order valence-corrected chi connectivity index (χ3v) is 4.73. The van der Waals surface area contributed by atoms with E-state index in [9.17, 15) is 0 Å². The van der Waals surface area contributed by atoms with E-state index in [1.54, 1.807) is 25.7 Å². The van der Waals surface area contributed by atoms with E-state index in [-0.39, 0.29) is 5.92 Å². The van der Waals surface area contributed by atoms with Crippen molar-refractivity contribution in [1.29, 1.82) is 0 Å². The van der Waals surface area contributed by atoms with Crippen LogP contribution in [0.2, 0.25) is 0 Å². The summed E-state index contributed by atoms with van der Waals surface area (Å²) >= 11 is 0. The Morgan fingerprint density at radius 2 is 2.04 bits per heavy atom. The minimum absolute atomic E-state index is 0.245. The fourth-order valence-corrected chi connectivity index (χ4v) is 3.28. The maximum atomic E-state index is 5.84. The highest BCUT2D eigenvalue weighted by Crippen LogP contribution is 2.29. The van der Waals surface area contributed by atoms with Crippen molar-refractivity contribution in [3.63, 3.8) is 0 Å². The maximum absolute atomic E-state index is 5.84. The van der Waals surface area contributed by atoms with Gasteiger partial charge in [-0.25, -0.2) is 4.98 Å². The lowest BCUT2D eigenvalue weighted by Gasteiger charge is -2.15. The van der Waals surface area contributed by atoms with Crippen LogP contribution in [0.15, 0.2) is 47.3 Å². The van der Waals surface area contributed by atoms with E-state index in [4.69, 9.17) is 13.9 Å². The van der Waals surface area contributed by atoms with Gasteiger partial charge in [-0.15, -0.1) is 10.2 Å². The van der Waals surface area contributed by atoms with Gasteiger partial charge < -0.3 is 13.9 Å². The molecule has 146 valence electrons. The third-order valence-electron chi connectivity index (χ3n) is 4.73. The average molecular weight is 381 g/mol. The number of ether oxygens (including phenoxy) is 2. The van der Waals surface area contributed by atoms with Crippen molar-refractivity contribution in [2.24, 2.45) is 0 Å². The van der Waals surface area contributed by atoms with Gasteiger partial charge in [0, 0.05) is 32.6 Å². The molecule has 1 aliphatic heterocycles. The van der Waals surface area contributed by atoms with Crippen LogP contribution in [0.4, 0.5) is 0 Å². The van der Waals surface area contributed by atoms with Gasteiger partial charge in [-0.2, -0.15) is 0 Å². The number of likely N-dealkylation sites (tertiary alicyclic amines) is 1. The van der Waals surface area contributed by atoms with Crippen LogP contribution in [0.3, 0.4) is 0 Å². The molecule has 1 atom stereocenters. The summed E-state index contributed by atoms with van der Waals surface area (Å²) in [6.45, 7) is 3.93. The van der Waals surface area contributed by atoms with Crippen molar-refractivity contribution in [2.45, 2.75) is 18.9 Å². The van der Waals surface area contributed by atoms with Crippen LogP contribution in [0.25, 0.3) is 11.6 Å². The Bertz CT molecular complexity index is 869. The number of nitrogens with zero attached hydrogens (tertiary/aromatic N) is 5. The fourth-order valence-electron chi connectivity index (χ4n) is 3.28. The molecular weight excluding hydrogens is 358 g/mol. The molecule has 4 rings (SSSR count). The average Bonchev–Trinajstić information content (AvgIpc) is 3.40. The first-order valence-corrected chi connectivity index (χ1v) is 9.34. The van der Waals surface area contributed by atoms with Crippen molar-refractivity contribution in [2.75, 3.05) is 33.4 Å². The molecule has 3 aromatic rings. The number of hydrogen-bond donors (Lipinski definition) is 0. The summed E-state index contributed by atoms with van der Waals surface area (Å²) < 4.78 is 16.4. The molecule has 0 bridgehead atoms. The Morgan fingerprint density at radius 3 is 2.82 bits per heavy atom. The summed E-state index contributed by atoms with van der Waals surface area (Å²) in [6, 6.07) is 8.22. The van der Waals surface area contributed by atoms with E-state index in [0.717, 1.165) is 31.8 Å². The van der Waals surface area contributed by atoms with Gasteiger partial charge in [0.15, 0.2) is 0 Å². The van der Waals surface area contributed by atoms with E-state index in [0.29, 0.717) is 30.7 Å². The number of rotatable bonds is 8. The zero-order chi connectivity index (χ0) is 19.2. The number of aromatic nitrogens is 4. The predicted octanol–water partition coefficient (Wildman–Crippen LogP) is 2.54. The SMILES string of the molecule is COCCOc1ccc(CN2CC[C@H](c3nnc(-c4cnccn4)o3)C2)cc1. The van der Waals surface area contributed by atoms with Crippen LogP contribution in [-0.4, -0.2) is 58.5 Å². The molecule has 0 N–H and O–H groups in total. The van der Waals surface area contributed by atoms with Gasteiger partial charge in [-0.05, 0) is 30.7 Å². The summed E-state index contributed by atoms with van der Waals surface area (Å²) in [4.78, 5) is 10.6. The Morgan fingerprint density at radius 1 is 1.14 bits per heavy atom. The number of methoxy groups -OCH3 is 1. The van der Waals surface area contributed by atoms with Gasteiger partial charge >= 0.3 is 0 Å². The second-order valence-corrected chi connectivity index (χ2v) is 6.74. The lowest BCUT2D eigenvalue weighted by atomic mass is 10.1. The molecule has 0 unspecified atom stereocenters. The molecule has 0 spiro atoms. The molecule has 8 nitrogen and oxygen atoms in total. The minimum Gasteiger partial charge on any atom is -0.491 e. The molecule has 0 aliphatic carbocycles. The van der Waals surface area contributed by atoms with Gasteiger partial charge in [-0.3, -0.25) is 9.88 Å². The van der Waals surface area contributed by atoms with E-state index in [2.05, 4.69) is 37.2 Å². The van der Waals surface area contributed by atoms with Crippen LogP contribution in [0.1, 0.15) is 23.8 Å². The van der Waals surface area contributed by atoms with Crippen LogP contribution in [0.5, 0.6) is 5.75 Å². The van der Waals surface area contributed by atoms with Gasteiger partial charge in [0.1, 0.15) is 18.1 Å². The second kappa shape index (κ2) is 8.90. The number of benzene rings is 1. The lowest BCUT2D eigenvalue weighted by Crippen LogP contribution is -2.19. The number of hydrogen-bond acceptors (Lipinski definition) is 8. The van der Waals surface area contributed by atoms with Crippen molar-refractivity contribution < 1.29 is 13.9 Å². The Balaban J connectivity index is 1.31. The summed E-state index contributed by atoms with van der Waals surface area (Å²) in [5.41, 5.74) is 1.86. The molecule has 1 saturated heterocycles. The topological polar surface area (TPSA) is 86.4 Å². The minimum atomic E-state index is 0.245. The summed E-state index contributed by atoms with van der Waals surface area (Å²) in [6.07, 6.45) is 5.86. The summed E-state index contributed by atoms with van der Waals surface area (Å²) in [5.74, 6) is 2.20. The highest BCUT2D eigenvalue weighted by atomic mass is 16.5. The first kappa shape index (κ1) is 18.5. The first-order chi connectivity index (χ1) is 13.8. The fraction of sp³-hybridized carbons (Fsp3) is 0.400. The molecule has 1 aliphatic rings. The Labute approximate surface area is 163 Å². The molecule has 3 heterocycles. The third kappa shape index (κ3) is 4.52. The molecule has 2 aromatic heterocycles. The smallest absolute Gasteiger partial charge is 0.267 e. The van der Waals surface area contributed by atoms with Gasteiger partial charge in [0.25, 0.3) is 5.89 Å². The molecule has 1 fully saturated rings. The quantitative estimate of drug-likeness (QED) is 0.550. The summed E-state index contributed by atoms with van der Waals surface area (Å²) in [7, 11) is 1.67. The van der Waals surface area contributed by atoms with E-state index >= 15 is 0 Å². The normalized spacial score (nSPS) is 17.1. The predicted molar refractivity (Wildman–Crippen MR) is 102 cm³/mol. The molecule has 28 heavy (non-hydrogen) atoms. The molecule has 0 saturated carbocycles. The highest BCUT2D eigenvalue weighted by Gasteiger charge is 2.28. The van der Waals surface area contributed by atoms with E-state index in [1.165, 1.54) is 5.56 Å². The standard InChI is InChI=1S/C20H23N5O3/c1-26-10-11-27-17-4-2-15(3-5-17)13-25-9-6-16(14-25)19-23-24-20(28-19)18-12-21-7-8-22-18/h2-5,7-8,12,16H,6,9-11,13-14H2,1H3/t16-/m0/s1. The monoisotopic (exact) mass is 381 g/mol. The van der Waals surface area contributed by atoms with Gasteiger partial charge in [0.05, 0.1) is 18.7 Å². The van der Waals surface area contributed by atoms with Crippen LogP contribution in [-0.2, 0) is 11.3 Å². The van der Waals surface area contributed by atoms with Crippen LogP contribution >= 0.6 is 0 Å². The second-order valence-electron chi connectivity index (χ2n) is 6.74. The van der Waals surface area contributed by atoms with Crippen molar-refractivity contribution in [1.82, 2.24) is 25.1 Å². The zero-order valence-corrected chi connectivity index (χ0v) is 15.8. The van der Waals surface area contributed by atoms with Crippen molar-refractivity contribution in [3.8, 4) is 17.3 Å². The summed E-state index contributed by atoms with van der Waals surface area (Å²) in [5, 5.41) is 8.35. The van der Waals surface area contributed by atoms with Gasteiger partial charge in [-0.1, -0.05) is 12.1 Å². The lowest BCUT2D eigenvalue weighted by molar-refractivity contribution is 0.146. The van der Waals surface area contributed by atoms with Crippen molar-refractivity contribution in [3.05, 3.63) is 54.3 Å². The molecular formula is C20H23N5O3. The molecule has 0 radical (unpaired) electrons. The van der Waals surface area contributed by atoms with E-state index in [1.807, 2.05) is 12.1 Å². The Hall–Kier alpha value is -2.84. The van der Waals surface area contributed by atoms with E-state index < -0.39 is 0 Å². The van der Waals surface area contributed by atoms with Crippen LogP contribution < -0.4 is 4.74 Å². The maximum Gasteiger partial charge on any atom is 0.267 e. The zero-order valence-electron chi connectivity index (χ0n) is 15.8. The first-order valence-electron chi connectivity index (χ1n) is 9.34. The highest BCUT2D eigenvalue weighted by molar-refractivity contribution is 5.43. The van der Waals surface area contributed by atoms with Crippen molar-refractivity contribution >= 4 is 0 Å². The van der Waals surface area contributed by atoms with Crippen LogP contribution in [0, 0.1) is 0 Å². The molecule has 0 amide bonds. The largest absolute Gasteiger partial charge is 0.491 e. The molecule has 1 aromatic carbocycles.